The van der Waals surface area contributed by atoms with E-state index in [1.54, 1.807) is 0 Å². The lowest BCUT2D eigenvalue weighted by atomic mass is 10.2. The number of benzene rings is 1. The second kappa shape index (κ2) is 6.65. The van der Waals surface area contributed by atoms with Crippen molar-refractivity contribution >= 4 is 12.0 Å². The van der Waals surface area contributed by atoms with Crippen LogP contribution in [0.5, 0.6) is 0 Å². The molecule has 0 saturated heterocycles. The van der Waals surface area contributed by atoms with Crippen LogP contribution in [0.4, 0.5) is 0 Å². The van der Waals surface area contributed by atoms with Crippen LogP contribution in [0.2, 0.25) is 0 Å². The number of ether oxygens (including phenoxy) is 1. The molecule has 1 aromatic rings. The molecule has 0 bridgehead atoms. The van der Waals surface area contributed by atoms with Crippen LogP contribution in [-0.4, -0.2) is 23.4 Å². The molecule has 1 aromatic carbocycles. The standard InChI is InChI=1S/C11H12N2O2/c12-13-8-11(14)6-7-15-9-10-4-2-1-3-5-10/h1-5,8H,6-7,9H2. The van der Waals surface area contributed by atoms with Gasteiger partial charge in [0.1, 0.15) is 0 Å². The maximum atomic E-state index is 10.9. The molecule has 0 unspecified atom stereocenters. The summed E-state index contributed by atoms with van der Waals surface area (Å²) in [6.45, 7) is 0.824. The molecule has 0 atom stereocenters. The fraction of sp³-hybridized carbons (Fsp3) is 0.273. The highest BCUT2D eigenvalue weighted by Gasteiger charge is 2.01. The van der Waals surface area contributed by atoms with Crippen LogP contribution in [0.1, 0.15) is 12.0 Å². The summed E-state index contributed by atoms with van der Waals surface area (Å²) in [6, 6.07) is 9.71. The fourth-order valence-electron chi connectivity index (χ4n) is 1.07. The van der Waals surface area contributed by atoms with Gasteiger partial charge < -0.3 is 10.3 Å². The van der Waals surface area contributed by atoms with Crippen LogP contribution >= 0.6 is 0 Å². The van der Waals surface area contributed by atoms with E-state index in [9.17, 15) is 4.79 Å². The van der Waals surface area contributed by atoms with Crippen molar-refractivity contribution in [2.24, 2.45) is 0 Å². The largest absolute Gasteiger partial charge is 0.376 e. The van der Waals surface area contributed by atoms with E-state index in [1.165, 1.54) is 0 Å². The first-order valence-electron chi connectivity index (χ1n) is 4.65. The Kier molecular flexibility index (Phi) is 5.01. The lowest BCUT2D eigenvalue weighted by molar-refractivity contribution is -0.117. The number of ketones is 1. The van der Waals surface area contributed by atoms with Gasteiger partial charge in [0.05, 0.1) is 13.2 Å². The number of hydrogen-bond donors (Lipinski definition) is 0. The molecule has 4 heteroatoms. The molecule has 4 nitrogen and oxygen atoms in total. The molecule has 0 aliphatic heterocycles. The van der Waals surface area contributed by atoms with E-state index in [0.29, 0.717) is 13.2 Å². The monoisotopic (exact) mass is 204 g/mol. The molecule has 0 fully saturated rings. The van der Waals surface area contributed by atoms with Gasteiger partial charge in [-0.1, -0.05) is 30.3 Å². The molecule has 0 aliphatic rings. The zero-order valence-corrected chi connectivity index (χ0v) is 8.30. The Hall–Kier alpha value is -1.77. The Balaban J connectivity index is 2.17. The van der Waals surface area contributed by atoms with Crippen molar-refractivity contribution in [1.82, 2.24) is 0 Å². The zero-order valence-electron chi connectivity index (χ0n) is 8.30. The summed E-state index contributed by atoms with van der Waals surface area (Å²) in [5.41, 5.74) is 9.15. The maximum Gasteiger partial charge on any atom is 0.323 e. The molecule has 0 aromatic heterocycles. The number of rotatable bonds is 6. The van der Waals surface area contributed by atoms with Gasteiger partial charge in [-0.25, -0.2) is 0 Å². The van der Waals surface area contributed by atoms with Gasteiger partial charge in [-0.2, -0.15) is 4.79 Å². The third kappa shape index (κ3) is 4.86. The normalized spacial score (nSPS) is 9.33. The van der Waals surface area contributed by atoms with E-state index in [4.69, 9.17) is 10.3 Å². The van der Waals surface area contributed by atoms with E-state index < -0.39 is 0 Å². The van der Waals surface area contributed by atoms with Gasteiger partial charge in [-0.3, -0.25) is 4.79 Å². The SMILES string of the molecule is [N-]=[N+]=CC(=O)CCOCc1ccccc1. The Labute approximate surface area is 88.1 Å². The van der Waals surface area contributed by atoms with E-state index >= 15 is 0 Å². The van der Waals surface area contributed by atoms with Crippen LogP contribution in [0.25, 0.3) is 5.53 Å². The van der Waals surface area contributed by atoms with Gasteiger partial charge in [0.25, 0.3) is 0 Å². The third-order valence-electron chi connectivity index (χ3n) is 1.81. The average molecular weight is 204 g/mol. The Morgan fingerprint density at radius 2 is 2.13 bits per heavy atom. The third-order valence-corrected chi connectivity index (χ3v) is 1.81. The van der Waals surface area contributed by atoms with Crippen LogP contribution in [0.15, 0.2) is 30.3 Å². The van der Waals surface area contributed by atoms with Crippen molar-refractivity contribution < 1.29 is 14.3 Å². The van der Waals surface area contributed by atoms with Crippen molar-refractivity contribution in [3.8, 4) is 0 Å². The smallest absolute Gasteiger partial charge is 0.323 e. The Bertz CT molecular complexity index is 356. The predicted molar refractivity (Wildman–Crippen MR) is 55.4 cm³/mol. The zero-order chi connectivity index (χ0) is 10.9. The minimum atomic E-state index is -0.245. The highest BCUT2D eigenvalue weighted by Crippen LogP contribution is 2.00. The van der Waals surface area contributed by atoms with E-state index in [0.717, 1.165) is 11.8 Å². The van der Waals surface area contributed by atoms with Gasteiger partial charge in [0, 0.05) is 6.42 Å². The molecule has 15 heavy (non-hydrogen) atoms. The number of carbonyl (C=O) groups excluding carboxylic acids is 1. The molecule has 0 spiro atoms. The molecule has 78 valence electrons. The summed E-state index contributed by atoms with van der Waals surface area (Å²) in [7, 11) is 0. The van der Waals surface area contributed by atoms with Crippen molar-refractivity contribution in [2.75, 3.05) is 6.61 Å². The van der Waals surface area contributed by atoms with Crippen LogP contribution in [-0.2, 0) is 16.1 Å². The van der Waals surface area contributed by atoms with Crippen LogP contribution in [0.3, 0.4) is 0 Å². The molecule has 0 N–H and O–H groups in total. The van der Waals surface area contributed by atoms with Crippen molar-refractivity contribution in [2.45, 2.75) is 13.0 Å². The lowest BCUT2D eigenvalue weighted by Gasteiger charge is -2.01. The minimum absolute atomic E-state index is 0.233. The summed E-state index contributed by atoms with van der Waals surface area (Å²) >= 11 is 0. The topological polar surface area (TPSA) is 62.7 Å². The fourth-order valence-corrected chi connectivity index (χ4v) is 1.07. The number of Topliss-reactive ketones (excluding diaryl/α,β-unsaturated/α-hetero) is 1. The molecule has 0 aliphatic carbocycles. The summed E-state index contributed by atoms with van der Waals surface area (Å²) in [5.74, 6) is -0.245. The highest BCUT2D eigenvalue weighted by molar-refractivity contribution is 6.25. The first-order chi connectivity index (χ1) is 7.33. The van der Waals surface area contributed by atoms with E-state index in [2.05, 4.69) is 4.79 Å². The first-order valence-corrected chi connectivity index (χ1v) is 4.65. The predicted octanol–water partition coefficient (Wildman–Crippen LogP) is 1.46. The maximum absolute atomic E-state index is 10.9. The summed E-state index contributed by atoms with van der Waals surface area (Å²) < 4.78 is 5.27. The molecular weight excluding hydrogens is 192 g/mol. The minimum Gasteiger partial charge on any atom is -0.376 e. The Morgan fingerprint density at radius 1 is 1.40 bits per heavy atom. The van der Waals surface area contributed by atoms with Crippen molar-refractivity contribution in [3.63, 3.8) is 0 Å². The summed E-state index contributed by atoms with van der Waals surface area (Å²) in [4.78, 5) is 13.5. The van der Waals surface area contributed by atoms with E-state index in [1.807, 2.05) is 30.3 Å². The average Bonchev–Trinajstić information content (AvgIpc) is 2.26. The lowest BCUT2D eigenvalue weighted by Crippen LogP contribution is -2.05. The first kappa shape index (κ1) is 11.3. The Morgan fingerprint density at radius 3 is 2.80 bits per heavy atom. The number of carbonyl (C=O) groups is 1. The van der Waals surface area contributed by atoms with Crippen molar-refractivity contribution in [1.29, 1.82) is 0 Å². The summed E-state index contributed by atoms with van der Waals surface area (Å²) in [6.07, 6.45) is 1.11. The van der Waals surface area contributed by atoms with Gasteiger partial charge >= 0.3 is 6.21 Å². The van der Waals surface area contributed by atoms with Crippen LogP contribution < -0.4 is 0 Å². The molecule has 0 amide bonds. The van der Waals surface area contributed by atoms with Gasteiger partial charge in [0.15, 0.2) is 0 Å². The molecule has 1 rings (SSSR count). The van der Waals surface area contributed by atoms with Gasteiger partial charge in [-0.15, -0.1) is 0 Å². The second-order valence-corrected chi connectivity index (χ2v) is 3.00. The van der Waals surface area contributed by atoms with Gasteiger partial charge in [-0.05, 0) is 5.56 Å². The number of hydrogen-bond acceptors (Lipinski definition) is 2. The number of nitrogens with zero attached hydrogens (tertiary/aromatic N) is 2. The van der Waals surface area contributed by atoms with Gasteiger partial charge in [0.2, 0.25) is 5.78 Å². The molecule has 0 heterocycles. The molecule has 0 radical (unpaired) electrons. The van der Waals surface area contributed by atoms with E-state index in [-0.39, 0.29) is 12.2 Å². The molecule has 0 saturated carbocycles. The van der Waals surface area contributed by atoms with Crippen molar-refractivity contribution in [3.05, 3.63) is 41.4 Å². The summed E-state index contributed by atoms with van der Waals surface area (Å²) in [5, 5.41) is 0. The highest BCUT2D eigenvalue weighted by atomic mass is 16.5. The quantitative estimate of drug-likeness (QED) is 0.305. The van der Waals surface area contributed by atoms with Crippen LogP contribution in [0, 0.1) is 0 Å². The molecular formula is C11H12N2O2. The second-order valence-electron chi connectivity index (χ2n) is 3.00.